The fourth-order valence-corrected chi connectivity index (χ4v) is 2.27. The van der Waals surface area contributed by atoms with Crippen LogP contribution in [0.15, 0.2) is 64.2 Å². The van der Waals surface area contributed by atoms with Gasteiger partial charge >= 0.3 is 5.97 Å². The van der Waals surface area contributed by atoms with Crippen molar-refractivity contribution in [1.29, 1.82) is 0 Å². The molecular formula is C17H18O5Si. The minimum Gasteiger partial charge on any atom is -0.463 e. The van der Waals surface area contributed by atoms with Gasteiger partial charge in [-0.2, -0.15) is 0 Å². The molecule has 2 rings (SSSR count). The molecule has 1 aromatic heterocycles. The van der Waals surface area contributed by atoms with E-state index in [0.717, 1.165) is 6.26 Å². The third-order valence-electron chi connectivity index (χ3n) is 3.14. The summed E-state index contributed by atoms with van der Waals surface area (Å²) < 4.78 is 16.1. The Morgan fingerprint density at radius 2 is 2.00 bits per heavy atom. The van der Waals surface area contributed by atoms with Gasteiger partial charge in [0.25, 0.3) is 0 Å². The summed E-state index contributed by atoms with van der Waals surface area (Å²) in [4.78, 5) is 23.9. The van der Waals surface area contributed by atoms with E-state index in [1.807, 2.05) is 13.1 Å². The molecule has 0 bridgehead atoms. The van der Waals surface area contributed by atoms with E-state index in [9.17, 15) is 9.59 Å². The van der Waals surface area contributed by atoms with Crippen LogP contribution >= 0.6 is 0 Å². The molecule has 6 heteroatoms. The fraction of sp³-hybridized carbons (Fsp3) is 0.176. The third-order valence-corrected chi connectivity index (χ3v) is 5.01. The smallest absolute Gasteiger partial charge is 0.343 e. The Hall–Kier alpha value is -2.44. The number of carbonyl (C=O) groups is 1. The Balaban J connectivity index is 2.07. The minimum absolute atomic E-state index is 0.150. The molecule has 1 aromatic carbocycles. The predicted molar refractivity (Wildman–Crippen MR) is 88.8 cm³/mol. The largest absolute Gasteiger partial charge is 0.463 e. The van der Waals surface area contributed by atoms with Crippen LogP contribution in [0, 0.1) is 0 Å². The van der Waals surface area contributed by atoms with Crippen molar-refractivity contribution >= 4 is 14.3 Å². The van der Waals surface area contributed by atoms with Crippen LogP contribution in [0.4, 0.5) is 0 Å². The highest BCUT2D eigenvalue weighted by Gasteiger charge is 2.18. The Morgan fingerprint density at radius 1 is 1.30 bits per heavy atom. The predicted octanol–water partition coefficient (Wildman–Crippen LogP) is 3.31. The molecule has 0 aliphatic heterocycles. The standard InChI is InChI=1S/C17H18O5Si/c1-4-23(2,3)21-11-14-10-15(18)16(12-20-14)22-17(19)13-8-6-5-7-9-13/h4-10,12H,1,11H2,2-3H3. The number of esters is 1. The monoisotopic (exact) mass is 330 g/mol. The highest BCUT2D eigenvalue weighted by atomic mass is 28.4. The lowest BCUT2D eigenvalue weighted by atomic mass is 10.2. The zero-order valence-corrected chi connectivity index (χ0v) is 14.1. The van der Waals surface area contributed by atoms with Crippen molar-refractivity contribution in [3.05, 3.63) is 76.5 Å². The molecule has 0 aliphatic carbocycles. The summed E-state index contributed by atoms with van der Waals surface area (Å²) in [6, 6.07) is 9.69. The molecule has 0 fully saturated rings. The van der Waals surface area contributed by atoms with Crippen LogP contribution in [0.3, 0.4) is 0 Å². The molecule has 0 aliphatic rings. The highest BCUT2D eigenvalue weighted by Crippen LogP contribution is 2.13. The Kier molecular flexibility index (Phi) is 5.31. The van der Waals surface area contributed by atoms with Gasteiger partial charge in [0.1, 0.15) is 12.0 Å². The lowest BCUT2D eigenvalue weighted by Crippen LogP contribution is -2.27. The summed E-state index contributed by atoms with van der Waals surface area (Å²) in [6.45, 7) is 7.86. The van der Waals surface area contributed by atoms with E-state index < -0.39 is 19.7 Å². The maximum atomic E-state index is 12.0. The fourth-order valence-electron chi connectivity index (χ4n) is 1.64. The molecule has 0 spiro atoms. The quantitative estimate of drug-likeness (QED) is 0.600. The van der Waals surface area contributed by atoms with Gasteiger partial charge in [-0.15, -0.1) is 6.58 Å². The van der Waals surface area contributed by atoms with E-state index >= 15 is 0 Å². The minimum atomic E-state index is -1.94. The summed E-state index contributed by atoms with van der Waals surface area (Å²) >= 11 is 0. The first-order valence-electron chi connectivity index (χ1n) is 7.08. The summed E-state index contributed by atoms with van der Waals surface area (Å²) in [5, 5.41) is 0. The van der Waals surface area contributed by atoms with Crippen molar-refractivity contribution in [3.63, 3.8) is 0 Å². The Labute approximate surface area is 135 Å². The summed E-state index contributed by atoms with van der Waals surface area (Å²) in [7, 11) is -1.94. The molecule has 5 nitrogen and oxygen atoms in total. The van der Waals surface area contributed by atoms with Crippen molar-refractivity contribution in [2.24, 2.45) is 0 Å². The van der Waals surface area contributed by atoms with E-state index in [2.05, 4.69) is 6.58 Å². The molecule has 0 unspecified atom stereocenters. The van der Waals surface area contributed by atoms with Gasteiger partial charge < -0.3 is 13.6 Å². The normalized spacial score (nSPS) is 11.0. The van der Waals surface area contributed by atoms with E-state index in [-0.39, 0.29) is 12.4 Å². The first-order chi connectivity index (χ1) is 10.9. The summed E-state index contributed by atoms with van der Waals surface area (Å²) in [5.74, 6) is -0.387. The van der Waals surface area contributed by atoms with E-state index in [4.69, 9.17) is 13.6 Å². The second-order valence-corrected chi connectivity index (χ2v) is 9.33. The Morgan fingerprint density at radius 3 is 2.61 bits per heavy atom. The molecule has 23 heavy (non-hydrogen) atoms. The molecule has 0 saturated heterocycles. The van der Waals surface area contributed by atoms with Crippen LogP contribution in [0.25, 0.3) is 0 Å². The van der Waals surface area contributed by atoms with Gasteiger partial charge in [0.15, 0.2) is 0 Å². The van der Waals surface area contributed by atoms with Crippen molar-refractivity contribution in [3.8, 4) is 5.75 Å². The van der Waals surface area contributed by atoms with Gasteiger partial charge in [-0.1, -0.05) is 23.9 Å². The SMILES string of the molecule is C=C[Si](C)(C)OCc1cc(=O)c(OC(=O)c2ccccc2)co1. The van der Waals surface area contributed by atoms with E-state index in [1.165, 1.54) is 6.07 Å². The van der Waals surface area contributed by atoms with E-state index in [0.29, 0.717) is 11.3 Å². The number of carbonyl (C=O) groups excluding carboxylic acids is 1. The number of benzene rings is 1. The summed E-state index contributed by atoms with van der Waals surface area (Å²) in [6.07, 6.45) is 1.13. The third kappa shape index (κ3) is 4.77. The first kappa shape index (κ1) is 16.9. The van der Waals surface area contributed by atoms with Gasteiger partial charge in [0.2, 0.25) is 19.5 Å². The van der Waals surface area contributed by atoms with E-state index in [1.54, 1.807) is 36.0 Å². The number of rotatable bonds is 6. The van der Waals surface area contributed by atoms with Crippen LogP contribution in [-0.2, 0) is 11.0 Å². The lowest BCUT2D eigenvalue weighted by Gasteiger charge is -2.17. The second kappa shape index (κ2) is 7.21. The Bertz CT molecular complexity index is 749. The average Bonchev–Trinajstić information content (AvgIpc) is 2.56. The van der Waals surface area contributed by atoms with Crippen LogP contribution < -0.4 is 10.2 Å². The number of hydrogen-bond donors (Lipinski definition) is 0. The topological polar surface area (TPSA) is 65.7 Å². The van der Waals surface area contributed by atoms with Crippen molar-refractivity contribution in [2.75, 3.05) is 0 Å². The number of ether oxygens (including phenoxy) is 1. The van der Waals surface area contributed by atoms with Crippen molar-refractivity contribution < 1.29 is 18.4 Å². The first-order valence-corrected chi connectivity index (χ1v) is 10.1. The zero-order valence-electron chi connectivity index (χ0n) is 13.1. The molecule has 2 aromatic rings. The maximum absolute atomic E-state index is 12.0. The molecule has 0 N–H and O–H groups in total. The van der Waals surface area contributed by atoms with Gasteiger partial charge in [0.05, 0.1) is 12.2 Å². The van der Waals surface area contributed by atoms with Crippen LogP contribution in [0.5, 0.6) is 5.75 Å². The van der Waals surface area contributed by atoms with Gasteiger partial charge in [-0.3, -0.25) is 4.79 Å². The second-order valence-electron chi connectivity index (χ2n) is 5.43. The summed E-state index contributed by atoms with van der Waals surface area (Å²) in [5.41, 5.74) is 1.72. The van der Waals surface area contributed by atoms with Crippen LogP contribution in [0.1, 0.15) is 16.1 Å². The van der Waals surface area contributed by atoms with Crippen molar-refractivity contribution in [2.45, 2.75) is 19.7 Å². The molecule has 120 valence electrons. The highest BCUT2D eigenvalue weighted by molar-refractivity contribution is 6.76. The van der Waals surface area contributed by atoms with Gasteiger partial charge in [-0.25, -0.2) is 4.79 Å². The van der Waals surface area contributed by atoms with Crippen LogP contribution in [-0.4, -0.2) is 14.3 Å². The number of hydrogen-bond acceptors (Lipinski definition) is 5. The molecule has 0 radical (unpaired) electrons. The molecule has 1 heterocycles. The van der Waals surface area contributed by atoms with Crippen molar-refractivity contribution in [1.82, 2.24) is 0 Å². The molecular weight excluding hydrogens is 312 g/mol. The lowest BCUT2D eigenvalue weighted by molar-refractivity contribution is 0.0728. The maximum Gasteiger partial charge on any atom is 0.343 e. The molecule has 0 atom stereocenters. The van der Waals surface area contributed by atoms with Crippen LogP contribution in [0.2, 0.25) is 13.1 Å². The van der Waals surface area contributed by atoms with Gasteiger partial charge in [-0.05, 0) is 25.2 Å². The molecule has 0 amide bonds. The zero-order chi connectivity index (χ0) is 16.9. The molecule has 0 saturated carbocycles. The average molecular weight is 330 g/mol. The van der Waals surface area contributed by atoms with Gasteiger partial charge in [0, 0.05) is 6.07 Å².